The van der Waals surface area contributed by atoms with Crippen molar-refractivity contribution in [1.82, 2.24) is 9.66 Å². The van der Waals surface area contributed by atoms with E-state index in [1.807, 2.05) is 30.5 Å². The Morgan fingerprint density at radius 2 is 1.82 bits per heavy atom. The predicted molar refractivity (Wildman–Crippen MR) is 90.0 cm³/mol. The number of thioether (sulfide) groups is 1. The van der Waals surface area contributed by atoms with Crippen LogP contribution in [0, 0.1) is 0 Å². The van der Waals surface area contributed by atoms with Crippen molar-refractivity contribution in [2.75, 3.05) is 6.26 Å². The van der Waals surface area contributed by atoms with Crippen LogP contribution in [0.2, 0.25) is 0 Å². The van der Waals surface area contributed by atoms with Crippen LogP contribution in [0.15, 0.2) is 68.1 Å². The van der Waals surface area contributed by atoms with E-state index in [1.54, 1.807) is 36.0 Å². The third kappa shape index (κ3) is 2.73. The highest BCUT2D eigenvalue weighted by atomic mass is 32.2. The highest BCUT2D eigenvalue weighted by Crippen LogP contribution is 2.13. The van der Waals surface area contributed by atoms with Crippen LogP contribution in [0.5, 0.6) is 0 Å². The molecule has 0 bridgehead atoms. The van der Waals surface area contributed by atoms with Crippen LogP contribution in [0.1, 0.15) is 5.56 Å². The third-order valence-corrected chi connectivity index (χ3v) is 3.97. The number of aromatic amines is 1. The number of hydrogen-bond donors (Lipinski definition) is 1. The van der Waals surface area contributed by atoms with Crippen LogP contribution in [-0.4, -0.2) is 22.1 Å². The Hall–Kier alpha value is -2.60. The summed E-state index contributed by atoms with van der Waals surface area (Å²) in [5, 5.41) is 4.44. The summed E-state index contributed by atoms with van der Waals surface area (Å²) < 4.78 is 0.838. The van der Waals surface area contributed by atoms with Crippen molar-refractivity contribution in [3.63, 3.8) is 0 Å². The number of nitrogens with one attached hydrogen (secondary N) is 1. The molecule has 0 atom stereocenters. The largest absolute Gasteiger partial charge is 0.349 e. The van der Waals surface area contributed by atoms with Gasteiger partial charge in [0.05, 0.1) is 17.1 Å². The van der Waals surface area contributed by atoms with Gasteiger partial charge in [0.25, 0.3) is 5.56 Å². The van der Waals surface area contributed by atoms with Gasteiger partial charge in [-0.15, -0.1) is 16.4 Å². The summed E-state index contributed by atoms with van der Waals surface area (Å²) in [6, 6.07) is 14.5. The number of rotatable bonds is 3. The topological polar surface area (TPSA) is 67.2 Å². The summed E-state index contributed by atoms with van der Waals surface area (Å²) in [5.41, 5.74) is 0.336. The molecule has 110 valence electrons. The second-order valence-electron chi connectivity index (χ2n) is 4.61. The maximum atomic E-state index is 12.3. The molecule has 5 nitrogen and oxygen atoms in total. The van der Waals surface area contributed by atoms with E-state index >= 15 is 0 Å². The number of para-hydroxylation sites is 1. The quantitative estimate of drug-likeness (QED) is 0.596. The standard InChI is InChI=1S/C16H13N3O2S/c1-22-12-8-6-11(7-9-12)10-17-19-15(20)13-4-2-3-5-14(13)18-16(19)21/h2-10H,1H3,(H,18,21). The zero-order valence-corrected chi connectivity index (χ0v) is 12.6. The Morgan fingerprint density at radius 1 is 1.09 bits per heavy atom. The highest BCUT2D eigenvalue weighted by Gasteiger charge is 2.05. The first-order valence-electron chi connectivity index (χ1n) is 6.61. The first-order valence-corrected chi connectivity index (χ1v) is 7.84. The lowest BCUT2D eigenvalue weighted by molar-refractivity contribution is 0.771. The molecule has 2 aromatic carbocycles. The minimum Gasteiger partial charge on any atom is -0.305 e. The molecule has 0 saturated heterocycles. The molecule has 0 aliphatic heterocycles. The molecule has 0 unspecified atom stereocenters. The summed E-state index contributed by atoms with van der Waals surface area (Å²) >= 11 is 1.64. The van der Waals surface area contributed by atoms with Crippen LogP contribution in [0.3, 0.4) is 0 Å². The second-order valence-corrected chi connectivity index (χ2v) is 5.49. The van der Waals surface area contributed by atoms with Gasteiger partial charge in [0.1, 0.15) is 0 Å². The molecular formula is C16H13N3O2S. The first kappa shape index (κ1) is 14.3. The molecule has 3 rings (SSSR count). The number of H-pyrrole nitrogens is 1. The molecule has 0 radical (unpaired) electrons. The van der Waals surface area contributed by atoms with E-state index in [0.29, 0.717) is 10.9 Å². The summed E-state index contributed by atoms with van der Waals surface area (Å²) in [4.78, 5) is 28.0. The Morgan fingerprint density at radius 3 is 2.55 bits per heavy atom. The number of benzene rings is 2. The van der Waals surface area contributed by atoms with Crippen LogP contribution >= 0.6 is 11.8 Å². The average Bonchev–Trinajstić information content (AvgIpc) is 2.55. The fraction of sp³-hybridized carbons (Fsp3) is 0.0625. The van der Waals surface area contributed by atoms with Crippen molar-refractivity contribution in [3.8, 4) is 0 Å². The zero-order chi connectivity index (χ0) is 15.5. The SMILES string of the molecule is CSc1ccc(C=Nn2c(=O)[nH]c3ccccc3c2=O)cc1. The lowest BCUT2D eigenvalue weighted by Crippen LogP contribution is -2.32. The Balaban J connectivity index is 2.04. The molecule has 0 spiro atoms. The average molecular weight is 311 g/mol. The molecule has 3 aromatic rings. The normalized spacial score (nSPS) is 11.3. The first-order chi connectivity index (χ1) is 10.7. The van der Waals surface area contributed by atoms with Gasteiger partial charge in [-0.3, -0.25) is 4.79 Å². The molecule has 0 aliphatic rings. The molecule has 0 fully saturated rings. The van der Waals surface area contributed by atoms with Gasteiger partial charge in [-0.1, -0.05) is 24.3 Å². The molecule has 1 aromatic heterocycles. The van der Waals surface area contributed by atoms with Gasteiger partial charge in [0, 0.05) is 4.90 Å². The fourth-order valence-electron chi connectivity index (χ4n) is 2.07. The lowest BCUT2D eigenvalue weighted by Gasteiger charge is -2.01. The van der Waals surface area contributed by atoms with Gasteiger partial charge in [-0.05, 0) is 36.1 Å². The minimum atomic E-state index is -0.555. The molecule has 22 heavy (non-hydrogen) atoms. The lowest BCUT2D eigenvalue weighted by atomic mass is 10.2. The van der Waals surface area contributed by atoms with E-state index < -0.39 is 11.2 Å². The molecule has 0 amide bonds. The predicted octanol–water partition coefficient (Wildman–Crippen LogP) is 2.29. The van der Waals surface area contributed by atoms with E-state index in [2.05, 4.69) is 10.1 Å². The molecule has 1 heterocycles. The van der Waals surface area contributed by atoms with Crippen molar-refractivity contribution in [2.24, 2.45) is 5.10 Å². The number of fused-ring (bicyclic) bond motifs is 1. The van der Waals surface area contributed by atoms with Crippen molar-refractivity contribution in [2.45, 2.75) is 4.90 Å². The highest BCUT2D eigenvalue weighted by molar-refractivity contribution is 7.98. The van der Waals surface area contributed by atoms with Gasteiger partial charge in [-0.2, -0.15) is 5.10 Å². The van der Waals surface area contributed by atoms with Crippen molar-refractivity contribution in [1.29, 1.82) is 0 Å². The molecule has 6 heteroatoms. The van der Waals surface area contributed by atoms with Gasteiger partial charge < -0.3 is 4.98 Å². The molecular weight excluding hydrogens is 298 g/mol. The maximum absolute atomic E-state index is 12.3. The second kappa shape index (κ2) is 6.03. The number of hydrogen-bond acceptors (Lipinski definition) is 4. The van der Waals surface area contributed by atoms with Gasteiger partial charge >= 0.3 is 5.69 Å². The summed E-state index contributed by atoms with van der Waals surface area (Å²) in [5.74, 6) is 0. The number of aromatic nitrogens is 2. The molecule has 1 N–H and O–H groups in total. The zero-order valence-electron chi connectivity index (χ0n) is 11.8. The molecule has 0 aliphatic carbocycles. The van der Waals surface area contributed by atoms with Crippen molar-refractivity contribution in [3.05, 3.63) is 74.9 Å². The van der Waals surface area contributed by atoms with E-state index in [1.165, 1.54) is 6.21 Å². The summed E-state index contributed by atoms with van der Waals surface area (Å²) in [6.45, 7) is 0. The smallest absolute Gasteiger partial charge is 0.305 e. The fourth-order valence-corrected chi connectivity index (χ4v) is 2.48. The maximum Gasteiger partial charge on any atom is 0.349 e. The van der Waals surface area contributed by atoms with Crippen molar-refractivity contribution < 1.29 is 0 Å². The van der Waals surface area contributed by atoms with Crippen molar-refractivity contribution >= 4 is 28.9 Å². The monoisotopic (exact) mass is 311 g/mol. The van der Waals surface area contributed by atoms with E-state index in [4.69, 9.17) is 0 Å². The van der Waals surface area contributed by atoms with E-state index in [9.17, 15) is 9.59 Å². The molecule has 0 saturated carbocycles. The Kier molecular flexibility index (Phi) is 3.93. The Bertz CT molecular complexity index is 956. The van der Waals surface area contributed by atoms with Crippen LogP contribution in [-0.2, 0) is 0 Å². The summed E-state index contributed by atoms with van der Waals surface area (Å²) in [7, 11) is 0. The van der Waals surface area contributed by atoms with Gasteiger partial charge in [-0.25, -0.2) is 4.79 Å². The van der Waals surface area contributed by atoms with Crippen LogP contribution < -0.4 is 11.2 Å². The summed E-state index contributed by atoms with van der Waals surface area (Å²) in [6.07, 6.45) is 3.49. The number of nitrogens with zero attached hydrogens (tertiary/aromatic N) is 2. The van der Waals surface area contributed by atoms with E-state index in [-0.39, 0.29) is 0 Å². The van der Waals surface area contributed by atoms with Crippen LogP contribution in [0.25, 0.3) is 10.9 Å². The minimum absolute atomic E-state index is 0.428. The van der Waals surface area contributed by atoms with Crippen LogP contribution in [0.4, 0.5) is 0 Å². The Labute approximate surface area is 130 Å². The third-order valence-electron chi connectivity index (χ3n) is 3.22. The van der Waals surface area contributed by atoms with E-state index in [0.717, 1.165) is 15.1 Å². The van der Waals surface area contributed by atoms with Gasteiger partial charge in [0.15, 0.2) is 0 Å². The van der Waals surface area contributed by atoms with Gasteiger partial charge in [0.2, 0.25) is 0 Å².